The van der Waals surface area contributed by atoms with Crippen molar-refractivity contribution in [1.29, 1.82) is 0 Å². The number of anilines is 3. The van der Waals surface area contributed by atoms with Gasteiger partial charge in [0.1, 0.15) is 17.0 Å². The van der Waals surface area contributed by atoms with Crippen molar-refractivity contribution in [3.05, 3.63) is 138 Å². The smallest absolute Gasteiger partial charge is 0.288 e. The Morgan fingerprint density at radius 2 is 1.39 bits per heavy atom. The molecule has 5 heteroatoms. The van der Waals surface area contributed by atoms with Crippen LogP contribution in [0.2, 0.25) is 0 Å². The molecular weight excluding hydrogens is 625 g/mol. The lowest BCUT2D eigenvalue weighted by molar-refractivity contribution is -0.741. The minimum Gasteiger partial charge on any atom is -0.456 e. The van der Waals surface area contributed by atoms with Crippen molar-refractivity contribution >= 4 is 38.9 Å². The van der Waals surface area contributed by atoms with E-state index in [2.05, 4.69) is 183 Å². The van der Waals surface area contributed by atoms with Crippen molar-refractivity contribution in [2.45, 2.75) is 64.1 Å². The number of fused-ring (bicyclic) bond motifs is 9. The number of ether oxygens (including phenoxy) is 1. The van der Waals surface area contributed by atoms with Crippen LogP contribution < -0.4 is 19.1 Å². The second kappa shape index (κ2) is 9.21. The van der Waals surface area contributed by atoms with E-state index in [1.165, 1.54) is 78.1 Å². The molecule has 0 saturated carbocycles. The van der Waals surface area contributed by atoms with Crippen LogP contribution in [0.1, 0.15) is 63.8 Å². The fourth-order valence-electron chi connectivity index (χ4n) is 9.69. The number of rotatable bonds is 1. The molecular formula is C46H41N4O+. The molecule has 2 aromatic heterocycles. The van der Waals surface area contributed by atoms with Crippen molar-refractivity contribution in [3.63, 3.8) is 0 Å². The average molecular weight is 666 g/mol. The average Bonchev–Trinajstić information content (AvgIpc) is 3.73. The highest BCUT2D eigenvalue weighted by Crippen LogP contribution is 2.66. The molecule has 6 heterocycles. The largest absolute Gasteiger partial charge is 0.456 e. The first-order valence-electron chi connectivity index (χ1n) is 18.2. The zero-order valence-corrected chi connectivity index (χ0v) is 30.2. The molecule has 0 saturated heterocycles. The van der Waals surface area contributed by atoms with E-state index in [-0.39, 0.29) is 17.0 Å². The molecule has 11 rings (SSSR count). The molecule has 0 fully saturated rings. The summed E-state index contributed by atoms with van der Waals surface area (Å²) in [5.41, 5.74) is 13.0. The highest BCUT2D eigenvalue weighted by molar-refractivity contribution is 6.12. The van der Waals surface area contributed by atoms with Crippen molar-refractivity contribution in [1.82, 2.24) is 4.57 Å². The maximum atomic E-state index is 7.15. The van der Waals surface area contributed by atoms with Gasteiger partial charge in [-0.05, 0) is 87.7 Å². The van der Waals surface area contributed by atoms with Crippen LogP contribution in [-0.4, -0.2) is 17.8 Å². The first-order chi connectivity index (χ1) is 24.5. The summed E-state index contributed by atoms with van der Waals surface area (Å²) in [5.74, 6) is 3.08. The predicted octanol–water partition coefficient (Wildman–Crippen LogP) is 10.5. The van der Waals surface area contributed by atoms with Crippen LogP contribution in [-0.2, 0) is 16.4 Å². The third-order valence-corrected chi connectivity index (χ3v) is 12.1. The second-order valence-electron chi connectivity index (χ2n) is 17.0. The first-order valence-corrected chi connectivity index (χ1v) is 18.2. The van der Waals surface area contributed by atoms with Crippen molar-refractivity contribution < 1.29 is 9.30 Å². The summed E-state index contributed by atoms with van der Waals surface area (Å²) >= 11 is 0. The molecule has 250 valence electrons. The molecule has 0 N–H and O–H groups in total. The molecule has 7 aromatic rings. The highest BCUT2D eigenvalue weighted by Gasteiger charge is 2.69. The zero-order valence-electron chi connectivity index (χ0n) is 30.2. The summed E-state index contributed by atoms with van der Waals surface area (Å²) in [6.45, 7) is 13.9. The van der Waals surface area contributed by atoms with Crippen LogP contribution in [0.15, 0.2) is 115 Å². The topological polar surface area (TPSA) is 24.5 Å². The van der Waals surface area contributed by atoms with Gasteiger partial charge in [0.05, 0.1) is 34.4 Å². The van der Waals surface area contributed by atoms with Gasteiger partial charge >= 0.3 is 0 Å². The van der Waals surface area contributed by atoms with Crippen LogP contribution in [0.3, 0.4) is 0 Å². The van der Waals surface area contributed by atoms with Crippen LogP contribution in [0.25, 0.3) is 38.8 Å². The van der Waals surface area contributed by atoms with E-state index in [9.17, 15) is 0 Å². The minimum atomic E-state index is -0.606. The molecule has 5 nitrogen and oxygen atoms in total. The lowest BCUT2D eigenvalue weighted by Gasteiger charge is -2.43. The SMILES string of the molecule is CN1c2cc(-c3ccccc3)ccc2N2c3cc(C(C)(C)C)cc4c3C3(c5c(ccc6c7ccccc7n(c56)-c5cc(C(C)(C)C)cc[n+]53)O4)C12. The normalized spacial score (nSPS) is 19.2. The van der Waals surface area contributed by atoms with E-state index in [0.29, 0.717) is 0 Å². The molecule has 0 radical (unpaired) electrons. The monoisotopic (exact) mass is 665 g/mol. The number of nitrogens with zero attached hydrogens (tertiary/aromatic N) is 4. The molecule has 4 aliphatic heterocycles. The number of pyridine rings is 1. The van der Waals surface area contributed by atoms with Crippen LogP contribution in [0.4, 0.5) is 17.1 Å². The number of benzene rings is 5. The maximum absolute atomic E-state index is 7.15. The summed E-state index contributed by atoms with van der Waals surface area (Å²) in [4.78, 5) is 5.17. The van der Waals surface area contributed by atoms with Crippen LogP contribution in [0, 0.1) is 0 Å². The van der Waals surface area contributed by atoms with Crippen LogP contribution >= 0.6 is 0 Å². The number of hydrogen-bond donors (Lipinski definition) is 0. The Labute approximate surface area is 298 Å². The zero-order chi connectivity index (χ0) is 34.8. The summed E-state index contributed by atoms with van der Waals surface area (Å²) in [6, 6.07) is 40.8. The highest BCUT2D eigenvalue weighted by atomic mass is 16.5. The van der Waals surface area contributed by atoms with E-state index in [4.69, 9.17) is 4.74 Å². The van der Waals surface area contributed by atoms with E-state index in [1.807, 2.05) is 0 Å². The Morgan fingerprint density at radius 3 is 2.18 bits per heavy atom. The van der Waals surface area contributed by atoms with Gasteiger partial charge in [-0.1, -0.05) is 90.1 Å². The molecule has 1 spiro atoms. The molecule has 51 heavy (non-hydrogen) atoms. The van der Waals surface area contributed by atoms with Crippen molar-refractivity contribution in [2.24, 2.45) is 0 Å². The van der Waals surface area contributed by atoms with Gasteiger partial charge in [-0.25, -0.2) is 4.57 Å². The Bertz CT molecular complexity index is 2670. The summed E-state index contributed by atoms with van der Waals surface area (Å²) < 4.78 is 12.3. The number of aromatic nitrogens is 2. The Morgan fingerprint density at radius 1 is 0.627 bits per heavy atom. The Balaban J connectivity index is 1.31. The van der Waals surface area contributed by atoms with E-state index in [1.54, 1.807) is 0 Å². The van der Waals surface area contributed by atoms with Crippen LogP contribution in [0.5, 0.6) is 11.5 Å². The third kappa shape index (κ3) is 3.45. The van der Waals surface area contributed by atoms with E-state index < -0.39 is 5.54 Å². The molecule has 5 aromatic carbocycles. The van der Waals surface area contributed by atoms with Gasteiger partial charge in [0.25, 0.3) is 5.82 Å². The molecule has 0 bridgehead atoms. The fourth-order valence-corrected chi connectivity index (χ4v) is 9.69. The molecule has 0 amide bonds. The Hall–Kier alpha value is -5.55. The number of para-hydroxylation sites is 1. The molecule has 0 aliphatic carbocycles. The van der Waals surface area contributed by atoms with Gasteiger partial charge < -0.3 is 14.5 Å². The molecule has 2 unspecified atom stereocenters. The number of likely N-dealkylation sites (N-methyl/N-ethyl adjacent to an activating group) is 1. The van der Waals surface area contributed by atoms with Crippen molar-refractivity contribution in [2.75, 3.05) is 16.8 Å². The van der Waals surface area contributed by atoms with Gasteiger partial charge in [0.15, 0.2) is 11.7 Å². The minimum absolute atomic E-state index is 0.0201. The quantitative estimate of drug-likeness (QED) is 0.163. The van der Waals surface area contributed by atoms with E-state index >= 15 is 0 Å². The van der Waals surface area contributed by atoms with E-state index in [0.717, 1.165) is 11.5 Å². The van der Waals surface area contributed by atoms with Crippen molar-refractivity contribution in [3.8, 4) is 28.4 Å². The first kappa shape index (κ1) is 29.2. The predicted molar refractivity (Wildman–Crippen MR) is 207 cm³/mol. The lowest BCUT2D eigenvalue weighted by atomic mass is 9.75. The second-order valence-corrected chi connectivity index (χ2v) is 17.0. The van der Waals surface area contributed by atoms with Gasteiger partial charge in [0.2, 0.25) is 5.54 Å². The van der Waals surface area contributed by atoms with Gasteiger partial charge in [0, 0.05) is 23.9 Å². The fraction of sp³-hybridized carbons (Fsp3) is 0.239. The maximum Gasteiger partial charge on any atom is 0.288 e. The van der Waals surface area contributed by atoms with Gasteiger partial charge in [-0.15, -0.1) is 0 Å². The lowest BCUT2D eigenvalue weighted by Crippen LogP contribution is -2.70. The standard InChI is InChI=1S/C46H41N4O/c1-44(2,3)29-21-22-48-39(26-29)50-33-16-12-11-15-31(33)32-18-20-37-41(42(32)50)46(48)40-36(24-30(45(4,5)6)25-38(40)51-37)49-34-19-17-28(27-13-9-8-10-14-27)23-35(34)47(7)43(46)49/h8-26,43H,1-7H3/q+1. The van der Waals surface area contributed by atoms with Gasteiger partial charge in [-0.3, -0.25) is 0 Å². The third-order valence-electron chi connectivity index (χ3n) is 12.1. The van der Waals surface area contributed by atoms with Gasteiger partial charge in [-0.2, -0.15) is 4.57 Å². The Kier molecular flexibility index (Phi) is 5.27. The summed E-state index contributed by atoms with van der Waals surface area (Å²) in [6.07, 6.45) is 2.30. The number of hydrogen-bond acceptors (Lipinski definition) is 3. The summed E-state index contributed by atoms with van der Waals surface area (Å²) in [7, 11) is 2.30. The molecule has 4 aliphatic rings. The summed E-state index contributed by atoms with van der Waals surface area (Å²) in [5, 5.41) is 2.53. The molecule has 2 atom stereocenters.